The number of hydrogen-bond acceptors (Lipinski definition) is 6. The molecule has 0 fully saturated rings. The van der Waals surface area contributed by atoms with Gasteiger partial charge in [-0.1, -0.05) is 32.9 Å². The van der Waals surface area contributed by atoms with Crippen molar-refractivity contribution >= 4 is 33.5 Å². The van der Waals surface area contributed by atoms with Gasteiger partial charge < -0.3 is 15.4 Å². The van der Waals surface area contributed by atoms with Crippen molar-refractivity contribution in [1.82, 2.24) is 5.32 Å². The predicted molar refractivity (Wildman–Crippen MR) is 119 cm³/mol. The maximum atomic E-state index is 12.2. The molecule has 172 valence electrons. The molecule has 0 aliphatic carbocycles. The van der Waals surface area contributed by atoms with E-state index in [1.807, 2.05) is 12.1 Å². The maximum Gasteiger partial charge on any atom is 0.326 e. The first-order valence-corrected chi connectivity index (χ1v) is 11.3. The monoisotopic (exact) mass is 461 g/mol. The summed E-state index contributed by atoms with van der Waals surface area (Å²) in [5.74, 6) is -1.84. The molecule has 10 heteroatoms. The summed E-state index contributed by atoms with van der Waals surface area (Å²) >= 11 is 0. The lowest BCUT2D eigenvalue weighted by atomic mass is 9.87. The highest BCUT2D eigenvalue weighted by Crippen LogP contribution is 2.22. The normalized spacial score (nSPS) is 12.5. The molecular formula is C22H27N3O6S. The van der Waals surface area contributed by atoms with Crippen molar-refractivity contribution in [3.63, 3.8) is 0 Å². The average molecular weight is 462 g/mol. The summed E-state index contributed by atoms with van der Waals surface area (Å²) in [7, 11) is -3.84. The van der Waals surface area contributed by atoms with Crippen molar-refractivity contribution in [3.05, 3.63) is 59.7 Å². The van der Waals surface area contributed by atoms with Crippen LogP contribution in [-0.4, -0.2) is 38.9 Å². The van der Waals surface area contributed by atoms with E-state index >= 15 is 0 Å². The molecule has 2 aromatic carbocycles. The molecule has 0 saturated heterocycles. The van der Waals surface area contributed by atoms with Gasteiger partial charge in [-0.05, 0) is 54.3 Å². The molecule has 0 aromatic heterocycles. The number of esters is 1. The summed E-state index contributed by atoms with van der Waals surface area (Å²) in [6.45, 7) is 7.17. The zero-order valence-corrected chi connectivity index (χ0v) is 19.2. The minimum Gasteiger partial charge on any atom is -0.451 e. The molecular weight excluding hydrogens is 434 g/mol. The van der Waals surface area contributed by atoms with Crippen LogP contribution in [0.5, 0.6) is 0 Å². The highest BCUT2D eigenvalue weighted by atomic mass is 32.2. The topological polar surface area (TPSA) is 145 Å². The van der Waals surface area contributed by atoms with Gasteiger partial charge in [0.15, 0.2) is 6.10 Å². The SMILES string of the molecule is CC(OC(=O)CNC(=O)c1ccc(C(C)(C)C)cc1)C(=O)Nc1ccc(S(N)(=O)=O)cc1. The minimum atomic E-state index is -3.84. The van der Waals surface area contributed by atoms with Crippen LogP contribution >= 0.6 is 0 Å². The number of primary sulfonamides is 1. The summed E-state index contributed by atoms with van der Waals surface area (Å²) in [6, 6.07) is 12.3. The Balaban J connectivity index is 1.84. The number of sulfonamides is 1. The molecule has 1 unspecified atom stereocenters. The van der Waals surface area contributed by atoms with Crippen LogP contribution in [0, 0.1) is 0 Å². The number of rotatable bonds is 7. The van der Waals surface area contributed by atoms with Crippen LogP contribution < -0.4 is 15.8 Å². The van der Waals surface area contributed by atoms with Crippen LogP contribution in [0.15, 0.2) is 53.4 Å². The van der Waals surface area contributed by atoms with Crippen molar-refractivity contribution in [3.8, 4) is 0 Å². The van der Waals surface area contributed by atoms with E-state index in [9.17, 15) is 22.8 Å². The van der Waals surface area contributed by atoms with Crippen molar-refractivity contribution in [2.45, 2.75) is 44.1 Å². The second-order valence-electron chi connectivity index (χ2n) is 8.20. The molecule has 0 aliphatic heterocycles. The smallest absolute Gasteiger partial charge is 0.326 e. The first kappa shape index (κ1) is 25.0. The lowest BCUT2D eigenvalue weighted by molar-refractivity contribution is -0.152. The second-order valence-corrected chi connectivity index (χ2v) is 9.76. The average Bonchev–Trinajstić information content (AvgIpc) is 2.71. The Labute approximate surface area is 187 Å². The van der Waals surface area contributed by atoms with Crippen LogP contribution in [0.3, 0.4) is 0 Å². The molecule has 32 heavy (non-hydrogen) atoms. The Hall–Kier alpha value is -3.24. The molecule has 0 radical (unpaired) electrons. The molecule has 0 heterocycles. The molecule has 0 aliphatic rings. The van der Waals surface area contributed by atoms with E-state index in [4.69, 9.17) is 9.88 Å². The van der Waals surface area contributed by atoms with Gasteiger partial charge in [0.05, 0.1) is 4.90 Å². The number of ether oxygens (including phenoxy) is 1. The Kier molecular flexibility index (Phi) is 7.76. The van der Waals surface area contributed by atoms with Crippen molar-refractivity contribution in [2.24, 2.45) is 5.14 Å². The van der Waals surface area contributed by atoms with Crippen molar-refractivity contribution < 1.29 is 27.5 Å². The zero-order valence-electron chi connectivity index (χ0n) is 18.3. The third-order valence-corrected chi connectivity index (χ3v) is 5.46. The molecule has 1 atom stereocenters. The van der Waals surface area contributed by atoms with Crippen molar-refractivity contribution in [2.75, 3.05) is 11.9 Å². The van der Waals surface area contributed by atoms with E-state index in [0.29, 0.717) is 11.3 Å². The minimum absolute atomic E-state index is 0.0420. The van der Waals surface area contributed by atoms with Gasteiger partial charge in [0.25, 0.3) is 11.8 Å². The lowest BCUT2D eigenvalue weighted by Crippen LogP contribution is -2.35. The van der Waals surface area contributed by atoms with Gasteiger partial charge in [-0.25, -0.2) is 13.6 Å². The number of benzene rings is 2. The van der Waals surface area contributed by atoms with Gasteiger partial charge in [-0.2, -0.15) is 0 Å². The van der Waals surface area contributed by atoms with Gasteiger partial charge in [-0.3, -0.25) is 14.4 Å². The Bertz CT molecular complexity index is 1090. The Morgan fingerprint density at radius 1 is 1.00 bits per heavy atom. The van der Waals surface area contributed by atoms with E-state index in [-0.39, 0.29) is 10.3 Å². The molecule has 9 nitrogen and oxygen atoms in total. The van der Waals surface area contributed by atoms with Crippen LogP contribution in [-0.2, 0) is 29.8 Å². The van der Waals surface area contributed by atoms with E-state index in [1.54, 1.807) is 12.1 Å². The first-order valence-electron chi connectivity index (χ1n) is 9.79. The van der Waals surface area contributed by atoms with Gasteiger partial charge >= 0.3 is 5.97 Å². The van der Waals surface area contributed by atoms with E-state index in [0.717, 1.165) is 5.56 Å². The summed E-state index contributed by atoms with van der Waals surface area (Å²) in [6.07, 6.45) is -1.14. The number of hydrogen-bond donors (Lipinski definition) is 3. The largest absolute Gasteiger partial charge is 0.451 e. The van der Waals surface area contributed by atoms with Gasteiger partial charge in [0, 0.05) is 11.3 Å². The molecule has 0 spiro atoms. The predicted octanol–water partition coefficient (Wildman–Crippen LogP) is 1.93. The quantitative estimate of drug-likeness (QED) is 0.537. The number of carbonyl (C=O) groups excluding carboxylic acids is 3. The molecule has 0 saturated carbocycles. The molecule has 2 aromatic rings. The Morgan fingerprint density at radius 3 is 2.06 bits per heavy atom. The number of anilines is 1. The lowest BCUT2D eigenvalue weighted by Gasteiger charge is -2.19. The number of nitrogens with one attached hydrogen (secondary N) is 2. The maximum absolute atomic E-state index is 12.2. The van der Waals surface area contributed by atoms with E-state index in [2.05, 4.69) is 31.4 Å². The number of amides is 2. The Morgan fingerprint density at radius 2 is 1.56 bits per heavy atom. The fraction of sp³-hybridized carbons (Fsp3) is 0.318. The summed E-state index contributed by atoms with van der Waals surface area (Å²) in [5, 5.41) is 9.97. The fourth-order valence-corrected chi connectivity index (χ4v) is 3.16. The van der Waals surface area contributed by atoms with Crippen LogP contribution in [0.25, 0.3) is 0 Å². The molecule has 4 N–H and O–H groups in total. The second kappa shape index (κ2) is 9.92. The molecule has 2 amide bonds. The molecule has 0 bridgehead atoms. The highest BCUT2D eigenvalue weighted by molar-refractivity contribution is 7.89. The van der Waals surface area contributed by atoms with Gasteiger partial charge in [-0.15, -0.1) is 0 Å². The van der Waals surface area contributed by atoms with Crippen LogP contribution in [0.4, 0.5) is 5.69 Å². The zero-order chi connectivity index (χ0) is 24.1. The van der Waals surface area contributed by atoms with Crippen LogP contribution in [0.1, 0.15) is 43.6 Å². The summed E-state index contributed by atoms with van der Waals surface area (Å²) < 4.78 is 27.5. The third-order valence-electron chi connectivity index (χ3n) is 4.53. The number of nitrogens with two attached hydrogens (primary N) is 1. The standard InChI is InChI=1S/C22H27N3O6S/c1-14(20(27)25-17-9-11-18(12-10-17)32(23,29)30)31-19(26)13-24-21(28)15-5-7-16(8-6-15)22(2,3)4/h5-12,14H,13H2,1-4H3,(H,24,28)(H,25,27)(H2,23,29,30). The third kappa shape index (κ3) is 7.17. The summed E-state index contributed by atoms with van der Waals surface area (Å²) in [5.41, 5.74) is 1.74. The highest BCUT2D eigenvalue weighted by Gasteiger charge is 2.19. The fourth-order valence-electron chi connectivity index (χ4n) is 2.64. The first-order chi connectivity index (χ1) is 14.8. The van der Waals surface area contributed by atoms with Gasteiger partial charge in [0.1, 0.15) is 6.54 Å². The van der Waals surface area contributed by atoms with Crippen molar-refractivity contribution in [1.29, 1.82) is 0 Å². The van der Waals surface area contributed by atoms with Crippen LogP contribution in [0.2, 0.25) is 0 Å². The van der Waals surface area contributed by atoms with Gasteiger partial charge in [0.2, 0.25) is 10.0 Å². The van der Waals surface area contributed by atoms with E-state index in [1.165, 1.54) is 31.2 Å². The molecule has 2 rings (SSSR count). The number of carbonyl (C=O) groups is 3. The summed E-state index contributed by atoms with van der Waals surface area (Å²) in [4.78, 5) is 36.3. The van der Waals surface area contributed by atoms with E-state index < -0.39 is 40.5 Å².